The molecule has 0 unspecified atom stereocenters. The first-order valence-corrected chi connectivity index (χ1v) is 7.64. The van der Waals surface area contributed by atoms with Crippen molar-refractivity contribution >= 4 is 34.9 Å². The fraction of sp³-hybridized carbons (Fsp3) is 0.176. The first-order valence-electron chi connectivity index (χ1n) is 7.26. The van der Waals surface area contributed by atoms with Gasteiger partial charge in [0.25, 0.3) is 11.6 Å². The van der Waals surface area contributed by atoms with Gasteiger partial charge in [0.05, 0.1) is 4.92 Å². The van der Waals surface area contributed by atoms with Crippen LogP contribution in [0.3, 0.4) is 0 Å². The topological polar surface area (TPSA) is 98.5 Å². The van der Waals surface area contributed by atoms with E-state index in [2.05, 4.69) is 5.32 Å². The number of carbonyl (C=O) groups excluding carboxylic acids is 2. The predicted octanol–water partition coefficient (Wildman–Crippen LogP) is 3.66. The number of aryl methyl sites for hydroxylation is 2. The summed E-state index contributed by atoms with van der Waals surface area (Å²) in [5, 5.41) is 14.1. The molecule has 8 heteroatoms. The molecule has 0 aliphatic rings. The molecule has 0 radical (unpaired) electrons. The third-order valence-corrected chi connectivity index (χ3v) is 3.68. The van der Waals surface area contributed by atoms with Gasteiger partial charge in [0.1, 0.15) is 5.56 Å². The van der Waals surface area contributed by atoms with Gasteiger partial charge in [-0.15, -0.1) is 0 Å². The average molecular weight is 363 g/mol. The van der Waals surface area contributed by atoms with Crippen molar-refractivity contribution in [2.24, 2.45) is 0 Å². The number of amides is 1. The normalized spacial score (nSPS) is 10.2. The molecule has 0 saturated heterocycles. The Labute approximate surface area is 148 Å². The lowest BCUT2D eigenvalue weighted by Gasteiger charge is -2.10. The van der Waals surface area contributed by atoms with Gasteiger partial charge in [0.2, 0.25) is 0 Å². The second-order valence-corrected chi connectivity index (χ2v) is 5.75. The molecule has 2 aromatic carbocycles. The highest BCUT2D eigenvalue weighted by atomic mass is 35.5. The molecule has 0 bridgehead atoms. The van der Waals surface area contributed by atoms with E-state index in [0.717, 1.165) is 5.56 Å². The van der Waals surface area contributed by atoms with Gasteiger partial charge in [-0.05, 0) is 37.6 Å². The Hall–Kier alpha value is -2.93. The van der Waals surface area contributed by atoms with E-state index in [0.29, 0.717) is 16.3 Å². The Balaban J connectivity index is 2.05. The number of nitrogens with one attached hydrogen (secondary N) is 1. The van der Waals surface area contributed by atoms with E-state index in [4.69, 9.17) is 16.3 Å². The maximum atomic E-state index is 12.1. The zero-order valence-electron chi connectivity index (χ0n) is 13.5. The number of hydrogen-bond donors (Lipinski definition) is 1. The molecule has 0 atom stereocenters. The molecule has 0 saturated carbocycles. The van der Waals surface area contributed by atoms with E-state index in [9.17, 15) is 19.7 Å². The molecule has 0 fully saturated rings. The smallest absolute Gasteiger partial charge is 0.345 e. The zero-order chi connectivity index (χ0) is 18.6. The van der Waals surface area contributed by atoms with E-state index in [1.165, 1.54) is 25.1 Å². The highest BCUT2D eigenvalue weighted by molar-refractivity contribution is 6.31. The molecule has 0 heterocycles. The molecule has 0 aromatic heterocycles. The lowest BCUT2D eigenvalue weighted by Crippen LogP contribution is -2.21. The number of para-hydroxylation sites is 1. The van der Waals surface area contributed by atoms with Gasteiger partial charge in [-0.3, -0.25) is 14.9 Å². The van der Waals surface area contributed by atoms with E-state index in [1.54, 1.807) is 25.1 Å². The molecule has 1 amide bonds. The summed E-state index contributed by atoms with van der Waals surface area (Å²) in [4.78, 5) is 34.5. The summed E-state index contributed by atoms with van der Waals surface area (Å²) in [5.41, 5.74) is 1.09. The van der Waals surface area contributed by atoms with Crippen LogP contribution in [0.4, 0.5) is 11.4 Å². The maximum Gasteiger partial charge on any atom is 0.345 e. The van der Waals surface area contributed by atoms with Crippen molar-refractivity contribution in [3.63, 3.8) is 0 Å². The molecule has 2 aromatic rings. The van der Waals surface area contributed by atoms with Gasteiger partial charge in [0.15, 0.2) is 6.61 Å². The van der Waals surface area contributed by atoms with Crippen LogP contribution < -0.4 is 5.32 Å². The Morgan fingerprint density at radius 2 is 1.92 bits per heavy atom. The first kappa shape index (κ1) is 18.4. The second kappa shape index (κ2) is 7.76. The fourth-order valence-electron chi connectivity index (χ4n) is 2.19. The number of carbonyl (C=O) groups is 2. The minimum atomic E-state index is -0.937. The molecule has 0 spiro atoms. The van der Waals surface area contributed by atoms with Crippen LogP contribution in [-0.2, 0) is 9.53 Å². The molecular formula is C17H15ClN2O5. The standard InChI is InChI=1S/C17H15ClN2O5/c1-10-6-7-12(18)8-14(10)19-15(21)9-25-17(22)13-5-3-4-11(2)16(13)20(23)24/h3-8H,9H2,1-2H3,(H,19,21). The monoisotopic (exact) mass is 362 g/mol. The van der Waals surface area contributed by atoms with E-state index < -0.39 is 23.4 Å². The molecule has 25 heavy (non-hydrogen) atoms. The van der Waals surface area contributed by atoms with E-state index >= 15 is 0 Å². The van der Waals surface area contributed by atoms with Crippen LogP contribution in [0.5, 0.6) is 0 Å². The third kappa shape index (κ3) is 4.54. The average Bonchev–Trinajstić information content (AvgIpc) is 2.55. The number of benzene rings is 2. The number of nitro groups is 1. The second-order valence-electron chi connectivity index (χ2n) is 5.31. The van der Waals surface area contributed by atoms with Crippen LogP contribution in [0.1, 0.15) is 21.5 Å². The van der Waals surface area contributed by atoms with Crippen LogP contribution in [0.25, 0.3) is 0 Å². The molecule has 2 rings (SSSR count). The number of nitrogens with zero attached hydrogens (tertiary/aromatic N) is 1. The maximum absolute atomic E-state index is 12.1. The Morgan fingerprint density at radius 3 is 2.60 bits per heavy atom. The quantitative estimate of drug-likeness (QED) is 0.497. The molecule has 7 nitrogen and oxygen atoms in total. The van der Waals surface area contributed by atoms with Gasteiger partial charge >= 0.3 is 5.97 Å². The number of ether oxygens (including phenoxy) is 1. The van der Waals surface area contributed by atoms with Crippen LogP contribution in [0, 0.1) is 24.0 Å². The summed E-state index contributed by atoms with van der Waals surface area (Å²) in [5.74, 6) is -1.51. The predicted molar refractivity (Wildman–Crippen MR) is 92.9 cm³/mol. The van der Waals surface area contributed by atoms with Crippen molar-refractivity contribution in [3.8, 4) is 0 Å². The SMILES string of the molecule is Cc1ccc(Cl)cc1NC(=O)COC(=O)c1cccc(C)c1[N+](=O)[O-]. The summed E-state index contributed by atoms with van der Waals surface area (Å²) < 4.78 is 4.89. The highest BCUT2D eigenvalue weighted by Crippen LogP contribution is 2.24. The highest BCUT2D eigenvalue weighted by Gasteiger charge is 2.24. The Kier molecular flexibility index (Phi) is 5.71. The summed E-state index contributed by atoms with van der Waals surface area (Å²) in [6.07, 6.45) is 0. The lowest BCUT2D eigenvalue weighted by atomic mass is 10.1. The summed E-state index contributed by atoms with van der Waals surface area (Å²) in [6.45, 7) is 2.73. The number of esters is 1. The third-order valence-electron chi connectivity index (χ3n) is 3.45. The van der Waals surface area contributed by atoms with Gasteiger partial charge in [-0.25, -0.2) is 4.79 Å². The zero-order valence-corrected chi connectivity index (χ0v) is 14.3. The van der Waals surface area contributed by atoms with Crippen molar-refractivity contribution in [2.45, 2.75) is 13.8 Å². The van der Waals surface area contributed by atoms with Crippen molar-refractivity contribution in [3.05, 3.63) is 68.2 Å². The molecule has 1 N–H and O–H groups in total. The molecule has 0 aliphatic heterocycles. The summed E-state index contributed by atoms with van der Waals surface area (Å²) in [7, 11) is 0. The molecular weight excluding hydrogens is 348 g/mol. The van der Waals surface area contributed by atoms with E-state index in [1.807, 2.05) is 0 Å². The molecule has 130 valence electrons. The minimum Gasteiger partial charge on any atom is -0.452 e. The van der Waals surface area contributed by atoms with Gasteiger partial charge in [0, 0.05) is 16.3 Å². The summed E-state index contributed by atoms with van der Waals surface area (Å²) in [6, 6.07) is 9.30. The van der Waals surface area contributed by atoms with Crippen LogP contribution in [0.2, 0.25) is 5.02 Å². The minimum absolute atomic E-state index is 0.197. The molecule has 0 aliphatic carbocycles. The van der Waals surface area contributed by atoms with Crippen LogP contribution >= 0.6 is 11.6 Å². The largest absolute Gasteiger partial charge is 0.452 e. The van der Waals surface area contributed by atoms with Crippen LogP contribution in [0.15, 0.2) is 36.4 Å². The summed E-state index contributed by atoms with van der Waals surface area (Å²) >= 11 is 5.87. The number of anilines is 1. The van der Waals surface area contributed by atoms with E-state index in [-0.39, 0.29) is 11.3 Å². The van der Waals surface area contributed by atoms with Crippen molar-refractivity contribution in [1.29, 1.82) is 0 Å². The number of halogens is 1. The van der Waals surface area contributed by atoms with Gasteiger partial charge in [-0.1, -0.05) is 29.8 Å². The van der Waals surface area contributed by atoms with Crippen molar-refractivity contribution in [1.82, 2.24) is 0 Å². The Bertz CT molecular complexity index is 851. The lowest BCUT2D eigenvalue weighted by molar-refractivity contribution is -0.385. The fourth-order valence-corrected chi connectivity index (χ4v) is 2.36. The number of hydrogen-bond acceptors (Lipinski definition) is 5. The van der Waals surface area contributed by atoms with Crippen molar-refractivity contribution < 1.29 is 19.2 Å². The number of nitro benzene ring substituents is 1. The number of rotatable bonds is 5. The Morgan fingerprint density at radius 1 is 1.20 bits per heavy atom. The van der Waals surface area contributed by atoms with Crippen LogP contribution in [-0.4, -0.2) is 23.4 Å². The van der Waals surface area contributed by atoms with Gasteiger partial charge < -0.3 is 10.1 Å². The van der Waals surface area contributed by atoms with Crippen molar-refractivity contribution in [2.75, 3.05) is 11.9 Å². The van der Waals surface area contributed by atoms with Gasteiger partial charge in [-0.2, -0.15) is 0 Å². The first-order chi connectivity index (χ1) is 11.8.